The number of hydrogen-bond donors (Lipinski definition) is 1. The Morgan fingerprint density at radius 3 is 2.82 bits per heavy atom. The maximum atomic E-state index is 6.04. The van der Waals surface area contributed by atoms with Gasteiger partial charge < -0.3 is 5.73 Å². The molecule has 0 bridgehead atoms. The van der Waals surface area contributed by atoms with E-state index in [1.807, 2.05) is 19.1 Å². The Hall–Kier alpha value is 0.0200. The summed E-state index contributed by atoms with van der Waals surface area (Å²) in [7, 11) is 0. The first-order valence-electron chi connectivity index (χ1n) is 3.49. The van der Waals surface area contributed by atoms with Crippen LogP contribution in [-0.2, 0) is 0 Å². The summed E-state index contributed by atoms with van der Waals surface area (Å²) < 4.78 is 0. The Kier molecular flexibility index (Phi) is 2.63. The maximum Gasteiger partial charge on any atom is 0.0792 e. The lowest BCUT2D eigenvalue weighted by molar-refractivity contribution is 0.446. The molecule has 1 nitrogen and oxygen atoms in total. The average Bonchev–Trinajstić information content (AvgIpc) is 2.00. The summed E-state index contributed by atoms with van der Waals surface area (Å²) in [4.78, 5) is 0. The Morgan fingerprint density at radius 1 is 1.73 bits per heavy atom. The van der Waals surface area contributed by atoms with E-state index in [1.165, 1.54) is 0 Å². The molecule has 2 atom stereocenters. The molecule has 0 fully saturated rings. The summed E-state index contributed by atoms with van der Waals surface area (Å²) in [5, 5.41) is 0.487. The molecule has 0 radical (unpaired) electrons. The fourth-order valence-electron chi connectivity index (χ4n) is 1.02. The third kappa shape index (κ3) is 1.61. The Morgan fingerprint density at radius 2 is 2.36 bits per heavy atom. The molecular formula is C8H11Cl2N. The van der Waals surface area contributed by atoms with Gasteiger partial charge in [0, 0.05) is 17.0 Å². The van der Waals surface area contributed by atoms with Crippen LogP contribution in [-0.4, -0.2) is 11.9 Å². The molecule has 0 heterocycles. The zero-order chi connectivity index (χ0) is 8.48. The summed E-state index contributed by atoms with van der Waals surface area (Å²) in [6.07, 6.45) is 5.70. The van der Waals surface area contributed by atoms with Crippen LogP contribution in [0.25, 0.3) is 0 Å². The van der Waals surface area contributed by atoms with E-state index in [4.69, 9.17) is 28.9 Å². The molecule has 1 aliphatic rings. The van der Waals surface area contributed by atoms with Crippen molar-refractivity contribution >= 4 is 23.2 Å². The average molecular weight is 192 g/mol. The Balaban J connectivity index is 2.88. The van der Waals surface area contributed by atoms with Crippen molar-refractivity contribution in [3.05, 3.63) is 23.3 Å². The van der Waals surface area contributed by atoms with Gasteiger partial charge in [0.1, 0.15) is 0 Å². The highest BCUT2D eigenvalue weighted by Gasteiger charge is 2.32. The second-order valence-corrected chi connectivity index (χ2v) is 3.86. The third-order valence-corrected chi connectivity index (χ3v) is 3.18. The van der Waals surface area contributed by atoms with Crippen LogP contribution in [0.15, 0.2) is 23.3 Å². The number of allylic oxidation sites excluding steroid dienone is 3. The molecule has 0 aromatic rings. The van der Waals surface area contributed by atoms with Crippen LogP contribution >= 0.6 is 23.2 Å². The molecule has 2 N–H and O–H groups in total. The van der Waals surface area contributed by atoms with Crippen LogP contribution in [0.4, 0.5) is 0 Å². The lowest BCUT2D eigenvalue weighted by Crippen LogP contribution is -2.35. The van der Waals surface area contributed by atoms with Crippen molar-refractivity contribution in [2.24, 2.45) is 11.1 Å². The van der Waals surface area contributed by atoms with Gasteiger partial charge in [-0.15, -0.1) is 11.6 Å². The largest absolute Gasteiger partial charge is 0.330 e. The van der Waals surface area contributed by atoms with Crippen molar-refractivity contribution in [1.29, 1.82) is 0 Å². The lowest BCUT2D eigenvalue weighted by atomic mass is 9.83. The number of alkyl halides is 1. The van der Waals surface area contributed by atoms with E-state index in [2.05, 4.69) is 0 Å². The fraction of sp³-hybridized carbons (Fsp3) is 0.500. The highest BCUT2D eigenvalue weighted by Crippen LogP contribution is 2.36. The summed E-state index contributed by atoms with van der Waals surface area (Å²) in [6, 6.07) is 0. The van der Waals surface area contributed by atoms with Gasteiger partial charge >= 0.3 is 0 Å². The van der Waals surface area contributed by atoms with Crippen molar-refractivity contribution in [2.45, 2.75) is 12.3 Å². The smallest absolute Gasteiger partial charge is 0.0792 e. The SMILES string of the molecule is CC1(CN)C=CC=C(Cl)C1Cl. The molecule has 62 valence electrons. The minimum Gasteiger partial charge on any atom is -0.330 e. The summed E-state index contributed by atoms with van der Waals surface area (Å²) in [6.45, 7) is 2.51. The minimum absolute atomic E-state index is 0.181. The standard InChI is InChI=1S/C8H11Cl2N/c1-8(5-11)4-2-3-6(9)7(8)10/h2-4,7H,5,11H2,1H3. The zero-order valence-corrected chi connectivity index (χ0v) is 7.86. The van der Waals surface area contributed by atoms with E-state index in [0.717, 1.165) is 0 Å². The van der Waals surface area contributed by atoms with Gasteiger partial charge in [0.2, 0.25) is 0 Å². The van der Waals surface area contributed by atoms with Crippen LogP contribution < -0.4 is 5.73 Å². The first kappa shape index (κ1) is 9.11. The van der Waals surface area contributed by atoms with E-state index >= 15 is 0 Å². The van der Waals surface area contributed by atoms with Crippen LogP contribution in [0.2, 0.25) is 0 Å². The molecule has 0 spiro atoms. The van der Waals surface area contributed by atoms with Gasteiger partial charge in [-0.2, -0.15) is 0 Å². The minimum atomic E-state index is -0.187. The summed E-state index contributed by atoms with van der Waals surface area (Å²) >= 11 is 11.9. The number of rotatable bonds is 1. The van der Waals surface area contributed by atoms with Gasteiger partial charge in [0.25, 0.3) is 0 Å². The molecule has 1 rings (SSSR count). The van der Waals surface area contributed by atoms with Crippen molar-refractivity contribution in [3.8, 4) is 0 Å². The molecular weight excluding hydrogens is 181 g/mol. The monoisotopic (exact) mass is 191 g/mol. The molecule has 0 aromatic heterocycles. The molecule has 0 saturated carbocycles. The third-order valence-electron chi connectivity index (χ3n) is 1.99. The maximum absolute atomic E-state index is 6.04. The molecule has 0 aliphatic heterocycles. The number of halogens is 2. The van der Waals surface area contributed by atoms with Gasteiger partial charge in [-0.1, -0.05) is 30.7 Å². The summed E-state index contributed by atoms with van der Waals surface area (Å²) in [5.41, 5.74) is 5.38. The second-order valence-electron chi connectivity index (χ2n) is 2.98. The van der Waals surface area contributed by atoms with Crippen LogP contribution in [0, 0.1) is 5.41 Å². The Labute approximate surface area is 76.9 Å². The van der Waals surface area contributed by atoms with Crippen molar-refractivity contribution in [1.82, 2.24) is 0 Å². The van der Waals surface area contributed by atoms with Crippen molar-refractivity contribution in [2.75, 3.05) is 6.54 Å². The van der Waals surface area contributed by atoms with Crippen molar-refractivity contribution in [3.63, 3.8) is 0 Å². The predicted octanol–water partition coefficient (Wildman–Crippen LogP) is 2.25. The van der Waals surface area contributed by atoms with Gasteiger partial charge in [-0.05, 0) is 6.08 Å². The van der Waals surface area contributed by atoms with Crippen molar-refractivity contribution < 1.29 is 0 Å². The molecule has 0 saturated heterocycles. The van der Waals surface area contributed by atoms with Crippen LogP contribution in [0.5, 0.6) is 0 Å². The van der Waals surface area contributed by atoms with E-state index in [1.54, 1.807) is 6.08 Å². The molecule has 0 aromatic carbocycles. The van der Waals surface area contributed by atoms with E-state index in [9.17, 15) is 0 Å². The first-order chi connectivity index (χ1) is 5.10. The van der Waals surface area contributed by atoms with E-state index in [0.29, 0.717) is 11.6 Å². The van der Waals surface area contributed by atoms with Gasteiger partial charge in [0.05, 0.1) is 5.38 Å². The quantitative estimate of drug-likeness (QED) is 0.633. The van der Waals surface area contributed by atoms with Crippen LogP contribution in [0.3, 0.4) is 0 Å². The number of nitrogens with two attached hydrogens (primary N) is 1. The topological polar surface area (TPSA) is 26.0 Å². The van der Waals surface area contributed by atoms with E-state index in [-0.39, 0.29) is 10.8 Å². The zero-order valence-electron chi connectivity index (χ0n) is 6.35. The van der Waals surface area contributed by atoms with Gasteiger partial charge in [-0.3, -0.25) is 0 Å². The second kappa shape index (κ2) is 3.18. The van der Waals surface area contributed by atoms with Crippen LogP contribution in [0.1, 0.15) is 6.92 Å². The summed E-state index contributed by atoms with van der Waals surface area (Å²) in [5.74, 6) is 0. The van der Waals surface area contributed by atoms with Gasteiger partial charge in [0.15, 0.2) is 0 Å². The lowest BCUT2D eigenvalue weighted by Gasteiger charge is -2.31. The highest BCUT2D eigenvalue weighted by molar-refractivity contribution is 6.38. The van der Waals surface area contributed by atoms with E-state index < -0.39 is 0 Å². The molecule has 0 amide bonds. The molecule has 3 heteroatoms. The molecule has 2 unspecified atom stereocenters. The first-order valence-corrected chi connectivity index (χ1v) is 4.30. The number of hydrogen-bond acceptors (Lipinski definition) is 1. The Bertz CT molecular complexity index is 210. The highest BCUT2D eigenvalue weighted by atomic mass is 35.5. The molecule has 1 aliphatic carbocycles. The van der Waals surface area contributed by atoms with Gasteiger partial charge in [-0.25, -0.2) is 0 Å². The fourth-order valence-corrected chi connectivity index (χ4v) is 1.57. The molecule has 11 heavy (non-hydrogen) atoms. The normalized spacial score (nSPS) is 37.1. The predicted molar refractivity (Wildman–Crippen MR) is 49.9 cm³/mol.